The summed E-state index contributed by atoms with van der Waals surface area (Å²) in [5.74, 6) is -0.783. The Bertz CT molecular complexity index is 806. The molecule has 0 unspecified atom stereocenters. The van der Waals surface area contributed by atoms with E-state index >= 15 is 0 Å². The summed E-state index contributed by atoms with van der Waals surface area (Å²) in [6.45, 7) is 5.79. The Hall–Kier alpha value is -2.04. The SMILES string of the molecule is CCc1cccc(NC(=O)[C@@H](NC(=O)c2ccc(Cl)cc2Cl)C(C)C)c1. The highest BCUT2D eigenvalue weighted by molar-refractivity contribution is 6.36. The van der Waals surface area contributed by atoms with Crippen molar-refractivity contribution in [1.29, 1.82) is 0 Å². The second kappa shape index (κ2) is 9.06. The Morgan fingerprint density at radius 1 is 1.08 bits per heavy atom. The van der Waals surface area contributed by atoms with E-state index in [1.165, 1.54) is 6.07 Å². The molecule has 0 saturated carbocycles. The first-order chi connectivity index (χ1) is 12.3. The van der Waals surface area contributed by atoms with Crippen LogP contribution in [0.25, 0.3) is 0 Å². The molecule has 0 radical (unpaired) electrons. The van der Waals surface area contributed by atoms with Crippen molar-refractivity contribution in [1.82, 2.24) is 5.32 Å². The van der Waals surface area contributed by atoms with Crippen LogP contribution in [0.3, 0.4) is 0 Å². The molecule has 2 amide bonds. The van der Waals surface area contributed by atoms with Gasteiger partial charge in [0.1, 0.15) is 6.04 Å². The molecule has 0 aliphatic heterocycles. The van der Waals surface area contributed by atoms with Crippen LogP contribution in [-0.4, -0.2) is 17.9 Å². The molecule has 138 valence electrons. The maximum Gasteiger partial charge on any atom is 0.253 e. The largest absolute Gasteiger partial charge is 0.340 e. The molecule has 0 spiro atoms. The van der Waals surface area contributed by atoms with E-state index in [9.17, 15) is 9.59 Å². The molecule has 6 heteroatoms. The zero-order valence-corrected chi connectivity index (χ0v) is 16.5. The number of nitrogens with one attached hydrogen (secondary N) is 2. The average Bonchev–Trinajstić information content (AvgIpc) is 2.59. The van der Waals surface area contributed by atoms with Crippen LogP contribution in [0.5, 0.6) is 0 Å². The van der Waals surface area contributed by atoms with Crippen LogP contribution >= 0.6 is 23.2 Å². The van der Waals surface area contributed by atoms with E-state index in [1.807, 2.05) is 45.0 Å². The first kappa shape index (κ1) is 20.3. The molecule has 2 rings (SSSR count). The van der Waals surface area contributed by atoms with Gasteiger partial charge in [-0.15, -0.1) is 0 Å². The lowest BCUT2D eigenvalue weighted by Crippen LogP contribution is -2.47. The fourth-order valence-electron chi connectivity index (χ4n) is 2.52. The maximum absolute atomic E-state index is 12.7. The summed E-state index contributed by atoms with van der Waals surface area (Å²) in [5, 5.41) is 6.32. The van der Waals surface area contributed by atoms with E-state index in [2.05, 4.69) is 10.6 Å². The molecule has 0 bridgehead atoms. The minimum Gasteiger partial charge on any atom is -0.340 e. The van der Waals surface area contributed by atoms with Crippen molar-refractivity contribution >= 4 is 40.7 Å². The molecule has 4 nitrogen and oxygen atoms in total. The molecule has 26 heavy (non-hydrogen) atoms. The van der Waals surface area contributed by atoms with E-state index in [0.717, 1.165) is 12.0 Å². The van der Waals surface area contributed by atoms with Crippen LogP contribution in [0, 0.1) is 5.92 Å². The van der Waals surface area contributed by atoms with E-state index < -0.39 is 11.9 Å². The molecule has 2 N–H and O–H groups in total. The number of benzene rings is 2. The standard InChI is InChI=1S/C20H22Cl2N2O2/c1-4-13-6-5-7-15(10-13)23-20(26)18(12(2)3)24-19(25)16-9-8-14(21)11-17(16)22/h5-12,18H,4H2,1-3H3,(H,23,26)(H,24,25)/t18-/m0/s1. The summed E-state index contributed by atoms with van der Waals surface area (Å²) in [6.07, 6.45) is 0.878. The Morgan fingerprint density at radius 2 is 1.81 bits per heavy atom. The minimum absolute atomic E-state index is 0.0978. The van der Waals surface area contributed by atoms with E-state index in [0.29, 0.717) is 10.7 Å². The first-order valence-corrected chi connectivity index (χ1v) is 9.23. The van der Waals surface area contributed by atoms with Crippen molar-refractivity contribution in [3.05, 3.63) is 63.6 Å². The summed E-state index contributed by atoms with van der Waals surface area (Å²) in [6, 6.07) is 11.6. The number of carbonyl (C=O) groups excluding carboxylic acids is 2. The Labute approximate surface area is 163 Å². The second-order valence-corrected chi connectivity index (χ2v) is 7.21. The molecular weight excluding hydrogens is 371 g/mol. The van der Waals surface area contributed by atoms with Gasteiger partial charge in [0.05, 0.1) is 10.6 Å². The highest BCUT2D eigenvalue weighted by atomic mass is 35.5. The van der Waals surface area contributed by atoms with Crippen LogP contribution in [0.4, 0.5) is 5.69 Å². The molecule has 2 aromatic rings. The second-order valence-electron chi connectivity index (χ2n) is 6.36. The van der Waals surface area contributed by atoms with Gasteiger partial charge < -0.3 is 10.6 Å². The number of amides is 2. The predicted molar refractivity (Wildman–Crippen MR) is 107 cm³/mol. The van der Waals surface area contributed by atoms with Crippen LogP contribution in [0.1, 0.15) is 36.7 Å². The number of anilines is 1. The van der Waals surface area contributed by atoms with Gasteiger partial charge in [0, 0.05) is 10.7 Å². The molecule has 0 aliphatic rings. The molecule has 0 fully saturated rings. The maximum atomic E-state index is 12.7. The van der Waals surface area contributed by atoms with Gasteiger partial charge in [-0.25, -0.2) is 0 Å². The van der Waals surface area contributed by atoms with Crippen LogP contribution in [0.15, 0.2) is 42.5 Å². The lowest BCUT2D eigenvalue weighted by molar-refractivity contribution is -0.118. The van der Waals surface area contributed by atoms with Crippen molar-refractivity contribution in [3.63, 3.8) is 0 Å². The summed E-state index contributed by atoms with van der Waals surface area (Å²) in [7, 11) is 0. The highest BCUT2D eigenvalue weighted by Gasteiger charge is 2.25. The third-order valence-electron chi connectivity index (χ3n) is 4.01. The van der Waals surface area contributed by atoms with Crippen molar-refractivity contribution in [2.45, 2.75) is 33.2 Å². The first-order valence-electron chi connectivity index (χ1n) is 8.47. The summed E-state index contributed by atoms with van der Waals surface area (Å²) in [4.78, 5) is 25.2. The van der Waals surface area contributed by atoms with Gasteiger partial charge in [-0.2, -0.15) is 0 Å². The molecule has 0 aliphatic carbocycles. The van der Waals surface area contributed by atoms with Gasteiger partial charge in [0.25, 0.3) is 5.91 Å². The zero-order valence-electron chi connectivity index (χ0n) is 15.0. The van der Waals surface area contributed by atoms with Gasteiger partial charge in [0.2, 0.25) is 5.91 Å². The monoisotopic (exact) mass is 392 g/mol. The molecule has 2 aromatic carbocycles. The van der Waals surface area contributed by atoms with Gasteiger partial charge in [-0.05, 0) is 48.2 Å². The van der Waals surface area contributed by atoms with Crippen LogP contribution in [-0.2, 0) is 11.2 Å². The number of halogens is 2. The normalized spacial score (nSPS) is 11.9. The summed E-state index contributed by atoms with van der Waals surface area (Å²) >= 11 is 11.9. The van der Waals surface area contributed by atoms with Gasteiger partial charge in [-0.1, -0.05) is 56.1 Å². The van der Waals surface area contributed by atoms with Gasteiger partial charge in [-0.3, -0.25) is 9.59 Å². The Balaban J connectivity index is 2.14. The summed E-state index contributed by atoms with van der Waals surface area (Å²) in [5.41, 5.74) is 2.11. The smallest absolute Gasteiger partial charge is 0.253 e. The van der Waals surface area contributed by atoms with Crippen molar-refractivity contribution in [3.8, 4) is 0 Å². The van der Waals surface area contributed by atoms with Crippen molar-refractivity contribution in [2.75, 3.05) is 5.32 Å². The number of aryl methyl sites for hydroxylation is 1. The van der Waals surface area contributed by atoms with E-state index in [-0.39, 0.29) is 22.4 Å². The molecule has 0 aromatic heterocycles. The van der Waals surface area contributed by atoms with E-state index in [1.54, 1.807) is 12.1 Å². The molecule has 0 saturated heterocycles. The Kier molecular flexibility index (Phi) is 7.06. The number of rotatable bonds is 6. The van der Waals surface area contributed by atoms with E-state index in [4.69, 9.17) is 23.2 Å². The van der Waals surface area contributed by atoms with Crippen LogP contribution < -0.4 is 10.6 Å². The third-order valence-corrected chi connectivity index (χ3v) is 4.56. The topological polar surface area (TPSA) is 58.2 Å². The Morgan fingerprint density at radius 3 is 2.42 bits per heavy atom. The van der Waals surface area contributed by atoms with Crippen molar-refractivity contribution < 1.29 is 9.59 Å². The minimum atomic E-state index is -0.695. The fraction of sp³-hybridized carbons (Fsp3) is 0.300. The van der Waals surface area contributed by atoms with Crippen LogP contribution in [0.2, 0.25) is 10.0 Å². The quantitative estimate of drug-likeness (QED) is 0.730. The molecule has 1 atom stereocenters. The van der Waals surface area contributed by atoms with Gasteiger partial charge in [0.15, 0.2) is 0 Å². The average molecular weight is 393 g/mol. The van der Waals surface area contributed by atoms with Crippen molar-refractivity contribution in [2.24, 2.45) is 5.92 Å². The molecular formula is C20H22Cl2N2O2. The number of carbonyl (C=O) groups is 2. The van der Waals surface area contributed by atoms with Gasteiger partial charge >= 0.3 is 0 Å². The molecule has 0 heterocycles. The fourth-order valence-corrected chi connectivity index (χ4v) is 3.01. The number of hydrogen-bond donors (Lipinski definition) is 2. The lowest BCUT2D eigenvalue weighted by atomic mass is 10.0. The predicted octanol–water partition coefficient (Wildman–Crippen LogP) is 4.95. The summed E-state index contributed by atoms with van der Waals surface area (Å²) < 4.78 is 0. The zero-order chi connectivity index (χ0) is 19.3. The third kappa shape index (κ3) is 5.23. The number of hydrogen-bond acceptors (Lipinski definition) is 2. The highest BCUT2D eigenvalue weighted by Crippen LogP contribution is 2.21. The lowest BCUT2D eigenvalue weighted by Gasteiger charge is -2.22.